The Morgan fingerprint density at radius 1 is 1.26 bits per heavy atom. The van der Waals surface area contributed by atoms with E-state index < -0.39 is 0 Å². The Morgan fingerprint density at radius 3 is 2.74 bits per heavy atom. The van der Waals surface area contributed by atoms with Gasteiger partial charge in [-0.3, -0.25) is 4.98 Å². The second-order valence-electron chi connectivity index (χ2n) is 4.11. The van der Waals surface area contributed by atoms with Crippen molar-refractivity contribution < 1.29 is 9.13 Å². The summed E-state index contributed by atoms with van der Waals surface area (Å²) in [5, 5.41) is 0. The zero-order valence-corrected chi connectivity index (χ0v) is 11.9. The Balaban J connectivity index is 1.85. The minimum absolute atomic E-state index is 0.310. The predicted octanol–water partition coefficient (Wildman–Crippen LogP) is 3.58. The standard InChI is InChI=1S/C14H14BrFN2O/c15-11-8-14(13(17)9-12(11)16)19-7-1-2-10-3-5-18-6-4-10/h3-6,8-9H,1-2,7,17H2. The van der Waals surface area contributed by atoms with E-state index in [1.807, 2.05) is 12.1 Å². The molecule has 100 valence electrons. The van der Waals surface area contributed by atoms with E-state index in [4.69, 9.17) is 10.5 Å². The largest absolute Gasteiger partial charge is 0.491 e. The van der Waals surface area contributed by atoms with Gasteiger partial charge in [0.05, 0.1) is 16.8 Å². The van der Waals surface area contributed by atoms with Crippen LogP contribution in [-0.2, 0) is 6.42 Å². The lowest BCUT2D eigenvalue weighted by molar-refractivity contribution is 0.312. The number of nitrogen functional groups attached to an aromatic ring is 1. The van der Waals surface area contributed by atoms with Crippen LogP contribution >= 0.6 is 15.9 Å². The van der Waals surface area contributed by atoms with E-state index in [-0.39, 0.29) is 5.82 Å². The lowest BCUT2D eigenvalue weighted by Crippen LogP contribution is -2.02. The number of benzene rings is 1. The first kappa shape index (κ1) is 13.8. The van der Waals surface area contributed by atoms with Gasteiger partial charge in [0.15, 0.2) is 0 Å². The van der Waals surface area contributed by atoms with Crippen molar-refractivity contribution in [1.29, 1.82) is 0 Å². The Hall–Kier alpha value is -1.62. The number of anilines is 1. The third-order valence-electron chi connectivity index (χ3n) is 2.67. The van der Waals surface area contributed by atoms with Crippen LogP contribution in [0.15, 0.2) is 41.1 Å². The lowest BCUT2D eigenvalue weighted by atomic mass is 10.1. The van der Waals surface area contributed by atoms with Crippen molar-refractivity contribution in [2.75, 3.05) is 12.3 Å². The molecule has 0 unspecified atom stereocenters. The molecule has 0 saturated carbocycles. The lowest BCUT2D eigenvalue weighted by Gasteiger charge is -2.09. The monoisotopic (exact) mass is 324 g/mol. The average molecular weight is 325 g/mol. The average Bonchev–Trinajstić information content (AvgIpc) is 2.41. The van der Waals surface area contributed by atoms with Crippen LogP contribution in [0.5, 0.6) is 5.75 Å². The summed E-state index contributed by atoms with van der Waals surface area (Å²) in [6.07, 6.45) is 5.31. The molecule has 0 bridgehead atoms. The Bertz CT molecular complexity index is 549. The van der Waals surface area contributed by atoms with Gasteiger partial charge in [-0.15, -0.1) is 0 Å². The van der Waals surface area contributed by atoms with Crippen molar-refractivity contribution in [3.05, 3.63) is 52.5 Å². The number of aromatic nitrogens is 1. The molecule has 2 rings (SSSR count). The van der Waals surface area contributed by atoms with Gasteiger partial charge in [-0.1, -0.05) is 0 Å². The Kier molecular flexibility index (Phi) is 4.74. The second-order valence-corrected chi connectivity index (χ2v) is 4.97. The summed E-state index contributed by atoms with van der Waals surface area (Å²) in [5.74, 6) is 0.115. The number of ether oxygens (including phenoxy) is 1. The van der Waals surface area contributed by atoms with Crippen LogP contribution in [-0.4, -0.2) is 11.6 Å². The summed E-state index contributed by atoms with van der Waals surface area (Å²) in [4.78, 5) is 3.96. The molecule has 1 aromatic heterocycles. The van der Waals surface area contributed by atoms with Gasteiger partial charge >= 0.3 is 0 Å². The Labute approximate surface area is 119 Å². The molecular weight excluding hydrogens is 311 g/mol. The van der Waals surface area contributed by atoms with Crippen LogP contribution in [0.1, 0.15) is 12.0 Å². The summed E-state index contributed by atoms with van der Waals surface area (Å²) in [6.45, 7) is 0.532. The highest BCUT2D eigenvalue weighted by Gasteiger charge is 2.06. The number of aryl methyl sites for hydroxylation is 1. The van der Waals surface area contributed by atoms with Crippen LogP contribution in [0.4, 0.5) is 10.1 Å². The van der Waals surface area contributed by atoms with Gasteiger partial charge < -0.3 is 10.5 Å². The van der Waals surface area contributed by atoms with Gasteiger partial charge in [-0.2, -0.15) is 0 Å². The molecule has 0 amide bonds. The van der Waals surface area contributed by atoms with Crippen LogP contribution in [0.3, 0.4) is 0 Å². The van der Waals surface area contributed by atoms with Gasteiger partial charge in [0.1, 0.15) is 11.6 Å². The molecule has 0 fully saturated rings. The molecule has 0 spiro atoms. The number of nitrogens with zero attached hydrogens (tertiary/aromatic N) is 1. The predicted molar refractivity (Wildman–Crippen MR) is 76.6 cm³/mol. The van der Waals surface area contributed by atoms with E-state index in [2.05, 4.69) is 20.9 Å². The van der Waals surface area contributed by atoms with E-state index in [0.717, 1.165) is 12.8 Å². The minimum Gasteiger partial charge on any atom is -0.491 e. The zero-order valence-electron chi connectivity index (χ0n) is 10.3. The van der Waals surface area contributed by atoms with Crippen LogP contribution in [0, 0.1) is 5.82 Å². The molecule has 0 atom stereocenters. The van der Waals surface area contributed by atoms with Gasteiger partial charge in [-0.05, 0) is 52.5 Å². The highest BCUT2D eigenvalue weighted by Crippen LogP contribution is 2.28. The highest BCUT2D eigenvalue weighted by molar-refractivity contribution is 9.10. The van der Waals surface area contributed by atoms with Crippen molar-refractivity contribution >= 4 is 21.6 Å². The molecule has 2 aromatic rings. The topological polar surface area (TPSA) is 48.1 Å². The molecule has 1 heterocycles. The first-order valence-corrected chi connectivity index (χ1v) is 6.72. The summed E-state index contributed by atoms with van der Waals surface area (Å²) >= 11 is 3.11. The van der Waals surface area contributed by atoms with Gasteiger partial charge in [0.25, 0.3) is 0 Å². The van der Waals surface area contributed by atoms with Crippen molar-refractivity contribution in [3.63, 3.8) is 0 Å². The van der Waals surface area contributed by atoms with Crippen LogP contribution in [0.25, 0.3) is 0 Å². The minimum atomic E-state index is -0.387. The molecule has 5 heteroatoms. The molecule has 0 saturated heterocycles. The quantitative estimate of drug-likeness (QED) is 0.675. The normalized spacial score (nSPS) is 10.4. The van der Waals surface area contributed by atoms with Gasteiger partial charge in [0, 0.05) is 18.5 Å². The first-order valence-electron chi connectivity index (χ1n) is 5.93. The van der Waals surface area contributed by atoms with Gasteiger partial charge in [0.2, 0.25) is 0 Å². The van der Waals surface area contributed by atoms with Crippen LogP contribution < -0.4 is 10.5 Å². The zero-order chi connectivity index (χ0) is 13.7. The van der Waals surface area contributed by atoms with E-state index in [1.165, 1.54) is 11.6 Å². The van der Waals surface area contributed by atoms with Crippen molar-refractivity contribution in [2.24, 2.45) is 0 Å². The number of pyridine rings is 1. The maximum atomic E-state index is 13.2. The van der Waals surface area contributed by atoms with Crippen LogP contribution in [0.2, 0.25) is 0 Å². The van der Waals surface area contributed by atoms with E-state index in [9.17, 15) is 4.39 Å². The number of hydrogen-bond acceptors (Lipinski definition) is 3. The number of rotatable bonds is 5. The third-order valence-corrected chi connectivity index (χ3v) is 3.28. The molecular formula is C14H14BrFN2O. The number of nitrogens with two attached hydrogens (primary N) is 1. The summed E-state index contributed by atoms with van der Waals surface area (Å²) in [5.41, 5.74) is 7.21. The van der Waals surface area contributed by atoms with Gasteiger partial charge in [-0.25, -0.2) is 4.39 Å². The molecule has 1 aromatic carbocycles. The van der Waals surface area contributed by atoms with E-state index >= 15 is 0 Å². The fourth-order valence-corrected chi connectivity index (χ4v) is 2.00. The molecule has 0 aliphatic rings. The molecule has 0 aliphatic heterocycles. The fourth-order valence-electron chi connectivity index (χ4n) is 1.68. The number of hydrogen-bond donors (Lipinski definition) is 1. The molecule has 3 nitrogen and oxygen atoms in total. The third kappa shape index (κ3) is 3.92. The summed E-state index contributed by atoms with van der Waals surface area (Å²) in [7, 11) is 0. The molecule has 19 heavy (non-hydrogen) atoms. The summed E-state index contributed by atoms with van der Waals surface area (Å²) < 4.78 is 19.1. The van der Waals surface area contributed by atoms with Crippen molar-refractivity contribution in [3.8, 4) is 5.75 Å². The second kappa shape index (κ2) is 6.52. The number of halogens is 2. The van der Waals surface area contributed by atoms with Crippen molar-refractivity contribution in [2.45, 2.75) is 12.8 Å². The molecule has 2 N–H and O–H groups in total. The SMILES string of the molecule is Nc1cc(F)c(Br)cc1OCCCc1ccncc1. The Morgan fingerprint density at radius 2 is 2.00 bits per heavy atom. The maximum absolute atomic E-state index is 13.2. The van der Waals surface area contributed by atoms with E-state index in [1.54, 1.807) is 18.5 Å². The summed E-state index contributed by atoms with van der Waals surface area (Å²) in [6, 6.07) is 6.76. The smallest absolute Gasteiger partial charge is 0.143 e. The first-order chi connectivity index (χ1) is 9.16. The highest BCUT2D eigenvalue weighted by atomic mass is 79.9. The van der Waals surface area contributed by atoms with E-state index in [0.29, 0.717) is 22.5 Å². The molecule has 0 radical (unpaired) electrons. The molecule has 0 aliphatic carbocycles. The van der Waals surface area contributed by atoms with Crippen molar-refractivity contribution in [1.82, 2.24) is 4.98 Å². The fraction of sp³-hybridized carbons (Fsp3) is 0.214. The maximum Gasteiger partial charge on any atom is 0.143 e.